The molecule has 0 saturated carbocycles. The van der Waals surface area contributed by atoms with Crippen LogP contribution in [0.25, 0.3) is 55.5 Å². The van der Waals surface area contributed by atoms with Gasteiger partial charge in [0.25, 0.3) is 0 Å². The molecule has 5 aliphatic rings. The highest BCUT2D eigenvalue weighted by Gasteiger charge is 2.47. The SMILES string of the molecule is CC1C=CC2=C(C1)c1c(c3ccccc3n1C1=CCC3C(C1)SC1C(C)CC=CC31)-c1ccccc1N2c1nc(-c2ccccc2)c2ccccc2n1. The van der Waals surface area contributed by atoms with E-state index >= 15 is 0 Å². The van der Waals surface area contributed by atoms with Gasteiger partial charge < -0.3 is 4.57 Å². The van der Waals surface area contributed by atoms with Crippen molar-refractivity contribution in [3.05, 3.63) is 145 Å². The van der Waals surface area contributed by atoms with Crippen LogP contribution in [0.4, 0.5) is 11.6 Å². The Hall–Kier alpha value is -5.13. The van der Waals surface area contributed by atoms with E-state index in [0.717, 1.165) is 64.2 Å². The first-order valence-corrected chi connectivity index (χ1v) is 20.3. The summed E-state index contributed by atoms with van der Waals surface area (Å²) in [5.41, 5.74) is 13.3. The summed E-state index contributed by atoms with van der Waals surface area (Å²) in [5.74, 6) is 3.28. The van der Waals surface area contributed by atoms with Gasteiger partial charge in [0.05, 0.1) is 33.8 Å². The molecule has 0 radical (unpaired) electrons. The van der Waals surface area contributed by atoms with Crippen LogP contribution in [0.5, 0.6) is 0 Å². The van der Waals surface area contributed by atoms with Crippen LogP contribution in [0.2, 0.25) is 0 Å². The van der Waals surface area contributed by atoms with Crippen molar-refractivity contribution < 1.29 is 0 Å². The number of rotatable bonds is 3. The van der Waals surface area contributed by atoms with Gasteiger partial charge in [0.15, 0.2) is 0 Å². The maximum atomic E-state index is 5.47. The molecule has 2 aromatic heterocycles. The summed E-state index contributed by atoms with van der Waals surface area (Å²) in [6.45, 7) is 4.82. The van der Waals surface area contributed by atoms with Gasteiger partial charge in [-0.15, -0.1) is 0 Å². The number of thioether (sulfide) groups is 1. The van der Waals surface area contributed by atoms with Crippen LogP contribution < -0.4 is 4.90 Å². The summed E-state index contributed by atoms with van der Waals surface area (Å²) in [4.78, 5) is 13.2. The number of aromatic nitrogens is 3. The van der Waals surface area contributed by atoms with Crippen LogP contribution in [0.3, 0.4) is 0 Å². The number of benzene rings is 4. The fourth-order valence-electron chi connectivity index (χ4n) is 10.1. The number of para-hydroxylation sites is 3. The maximum Gasteiger partial charge on any atom is 0.235 e. The van der Waals surface area contributed by atoms with E-state index in [1.807, 2.05) is 0 Å². The molecule has 11 rings (SSSR count). The van der Waals surface area contributed by atoms with E-state index in [1.54, 1.807) is 0 Å². The van der Waals surface area contributed by atoms with Crippen molar-refractivity contribution in [1.82, 2.24) is 14.5 Å². The number of fused-ring (bicyclic) bond motifs is 10. The normalized spacial score (nSPS) is 25.8. The van der Waals surface area contributed by atoms with Crippen LogP contribution in [-0.2, 0) is 0 Å². The molecule has 6 unspecified atom stereocenters. The van der Waals surface area contributed by atoms with E-state index in [2.05, 4.69) is 169 Å². The molecule has 1 saturated heterocycles. The van der Waals surface area contributed by atoms with E-state index in [-0.39, 0.29) is 0 Å². The first-order valence-electron chi connectivity index (χ1n) is 19.4. The van der Waals surface area contributed by atoms with Gasteiger partial charge in [0, 0.05) is 49.2 Å². The number of allylic oxidation sites excluding steroid dienone is 7. The molecule has 53 heavy (non-hydrogen) atoms. The Morgan fingerprint density at radius 2 is 1.55 bits per heavy atom. The first kappa shape index (κ1) is 31.4. The highest BCUT2D eigenvalue weighted by Crippen LogP contribution is 2.57. The molecule has 0 spiro atoms. The Morgan fingerprint density at radius 3 is 2.45 bits per heavy atom. The van der Waals surface area contributed by atoms with Crippen molar-refractivity contribution in [2.45, 2.75) is 50.0 Å². The Labute approximate surface area is 315 Å². The summed E-state index contributed by atoms with van der Waals surface area (Å²) in [5, 5.41) is 3.75. The standard InChI is InChI=1S/C48H42N4S/c1-29-23-26-42-38(27-29)46-44(36-17-7-10-21-40(36)51(46)32-24-25-33-34-19-12-13-30(2)47(34)53-43(33)28-32)37-18-8-11-22-41(37)52(42)48-49-39-20-9-6-16-35(39)45(50-48)31-14-4-3-5-15-31/h3-12,14-24,26,29-30,33-34,43,47H,13,25,27-28H2,1-2H3. The monoisotopic (exact) mass is 706 g/mol. The molecule has 4 nitrogen and oxygen atoms in total. The molecule has 4 heterocycles. The molecule has 6 aromatic rings. The Kier molecular flexibility index (Phi) is 7.23. The molecule has 3 aliphatic carbocycles. The van der Waals surface area contributed by atoms with Gasteiger partial charge in [-0.25, -0.2) is 9.97 Å². The zero-order chi connectivity index (χ0) is 35.2. The number of nitrogens with zero attached hydrogens (tertiary/aromatic N) is 4. The van der Waals surface area contributed by atoms with Crippen LogP contribution in [0, 0.1) is 23.7 Å². The molecule has 1 fully saturated rings. The van der Waals surface area contributed by atoms with Crippen molar-refractivity contribution >= 4 is 56.5 Å². The zero-order valence-electron chi connectivity index (χ0n) is 30.2. The van der Waals surface area contributed by atoms with Crippen LogP contribution in [0.1, 0.15) is 45.2 Å². The predicted molar refractivity (Wildman–Crippen MR) is 223 cm³/mol. The molecular weight excluding hydrogens is 665 g/mol. The van der Waals surface area contributed by atoms with Crippen molar-refractivity contribution in [2.24, 2.45) is 23.7 Å². The smallest absolute Gasteiger partial charge is 0.235 e. The lowest BCUT2D eigenvalue weighted by atomic mass is 9.75. The van der Waals surface area contributed by atoms with Gasteiger partial charge >= 0.3 is 0 Å². The van der Waals surface area contributed by atoms with Crippen molar-refractivity contribution in [2.75, 3.05) is 4.90 Å². The van der Waals surface area contributed by atoms with E-state index in [0.29, 0.717) is 23.0 Å². The molecule has 0 amide bonds. The van der Waals surface area contributed by atoms with Crippen LogP contribution in [0.15, 0.2) is 139 Å². The second-order valence-corrected chi connectivity index (χ2v) is 17.2. The summed E-state index contributed by atoms with van der Waals surface area (Å²) >= 11 is 2.29. The maximum absolute atomic E-state index is 5.47. The van der Waals surface area contributed by atoms with Gasteiger partial charge in [-0.05, 0) is 73.6 Å². The van der Waals surface area contributed by atoms with Crippen molar-refractivity contribution in [3.8, 4) is 22.4 Å². The largest absolute Gasteiger partial charge is 0.313 e. The van der Waals surface area contributed by atoms with Gasteiger partial charge in [-0.1, -0.05) is 123 Å². The van der Waals surface area contributed by atoms with Crippen molar-refractivity contribution in [1.29, 1.82) is 0 Å². The van der Waals surface area contributed by atoms with E-state index in [1.165, 1.54) is 51.1 Å². The summed E-state index contributed by atoms with van der Waals surface area (Å²) in [7, 11) is 0. The molecule has 6 atom stereocenters. The van der Waals surface area contributed by atoms with Gasteiger partial charge in [-0.3, -0.25) is 4.90 Å². The van der Waals surface area contributed by atoms with E-state index in [4.69, 9.17) is 9.97 Å². The number of anilines is 2. The Balaban J connectivity index is 1.16. The highest BCUT2D eigenvalue weighted by molar-refractivity contribution is 8.00. The fourth-order valence-corrected chi connectivity index (χ4v) is 12.1. The molecule has 5 heteroatoms. The summed E-state index contributed by atoms with van der Waals surface area (Å²) in [6, 6.07) is 37.1. The lowest BCUT2D eigenvalue weighted by Gasteiger charge is -2.32. The predicted octanol–water partition coefficient (Wildman–Crippen LogP) is 12.3. The molecule has 0 N–H and O–H groups in total. The second kappa shape index (κ2) is 12.2. The second-order valence-electron chi connectivity index (χ2n) is 15.7. The molecule has 0 bridgehead atoms. The number of hydrogen-bond donors (Lipinski definition) is 0. The average molecular weight is 707 g/mol. The van der Waals surface area contributed by atoms with Gasteiger partial charge in [0.1, 0.15) is 0 Å². The fraction of sp³-hybridized carbons (Fsp3) is 0.250. The van der Waals surface area contributed by atoms with Crippen LogP contribution >= 0.6 is 11.8 Å². The van der Waals surface area contributed by atoms with E-state index < -0.39 is 0 Å². The van der Waals surface area contributed by atoms with Crippen LogP contribution in [-0.4, -0.2) is 25.0 Å². The zero-order valence-corrected chi connectivity index (χ0v) is 31.0. The van der Waals surface area contributed by atoms with Gasteiger partial charge in [0.2, 0.25) is 5.95 Å². The topological polar surface area (TPSA) is 34.0 Å². The average Bonchev–Trinajstić information content (AvgIpc) is 3.72. The first-order chi connectivity index (χ1) is 26.1. The summed E-state index contributed by atoms with van der Waals surface area (Å²) in [6.07, 6.45) is 16.8. The lowest BCUT2D eigenvalue weighted by molar-refractivity contribution is 0.342. The molecule has 2 aliphatic heterocycles. The minimum Gasteiger partial charge on any atom is -0.313 e. The quantitative estimate of drug-likeness (QED) is 0.172. The Morgan fingerprint density at radius 1 is 0.755 bits per heavy atom. The van der Waals surface area contributed by atoms with Crippen molar-refractivity contribution in [3.63, 3.8) is 0 Å². The lowest BCUT2D eigenvalue weighted by Crippen LogP contribution is -2.28. The number of hydrogen-bond acceptors (Lipinski definition) is 4. The van der Waals surface area contributed by atoms with E-state index in [9.17, 15) is 0 Å². The third kappa shape index (κ3) is 4.82. The Bertz CT molecular complexity index is 2570. The van der Waals surface area contributed by atoms with Gasteiger partial charge in [-0.2, -0.15) is 11.8 Å². The minimum absolute atomic E-state index is 0.403. The molecule has 260 valence electrons. The third-order valence-electron chi connectivity index (χ3n) is 12.5. The molecule has 4 aromatic carbocycles. The molecular formula is C48H42N4S. The highest BCUT2D eigenvalue weighted by atomic mass is 32.2. The summed E-state index contributed by atoms with van der Waals surface area (Å²) < 4.78 is 2.68. The minimum atomic E-state index is 0.403. The third-order valence-corrected chi connectivity index (χ3v) is 14.5.